The third kappa shape index (κ3) is 3.63. The Morgan fingerprint density at radius 3 is 2.73 bits per heavy atom. The molecule has 0 saturated carbocycles. The lowest BCUT2D eigenvalue weighted by atomic mass is 10.1. The molecule has 0 amide bonds. The highest BCUT2D eigenvalue weighted by Gasteiger charge is 2.12. The Hall–Kier alpha value is -1.93. The lowest BCUT2D eigenvalue weighted by Crippen LogP contribution is -1.89. The van der Waals surface area contributed by atoms with Crippen LogP contribution in [0.25, 0.3) is 0 Å². The summed E-state index contributed by atoms with van der Waals surface area (Å²) in [6.07, 6.45) is 1.41. The Morgan fingerprint density at radius 2 is 2.05 bits per heavy atom. The third-order valence-electron chi connectivity index (χ3n) is 2.90. The van der Waals surface area contributed by atoms with Crippen molar-refractivity contribution >= 4 is 23.3 Å². The standard InChI is InChI=1S/C14H14N4O2S2/c1-3-11-15-14(22-18-11)21-13-17-16-12(20-13)8-9-4-6-10(19-2)7-5-9/h4-7H,3,8H2,1-2H3. The molecule has 0 N–H and O–H groups in total. The lowest BCUT2D eigenvalue weighted by Gasteiger charge is -2.00. The van der Waals surface area contributed by atoms with Crippen molar-refractivity contribution in [1.82, 2.24) is 19.6 Å². The predicted molar refractivity (Wildman–Crippen MR) is 83.5 cm³/mol. The van der Waals surface area contributed by atoms with Crippen molar-refractivity contribution in [1.29, 1.82) is 0 Å². The van der Waals surface area contributed by atoms with Gasteiger partial charge in [-0.15, -0.1) is 10.2 Å². The maximum absolute atomic E-state index is 5.64. The average molecular weight is 334 g/mol. The topological polar surface area (TPSA) is 73.9 Å². The molecular weight excluding hydrogens is 320 g/mol. The number of hydrogen-bond donors (Lipinski definition) is 0. The van der Waals surface area contributed by atoms with E-state index in [1.165, 1.54) is 23.3 Å². The first-order valence-electron chi connectivity index (χ1n) is 6.72. The number of hydrogen-bond acceptors (Lipinski definition) is 8. The van der Waals surface area contributed by atoms with Crippen molar-refractivity contribution in [2.75, 3.05) is 7.11 Å². The second-order valence-corrected chi connectivity index (χ2v) is 6.37. The van der Waals surface area contributed by atoms with Gasteiger partial charge in [-0.25, -0.2) is 4.98 Å². The van der Waals surface area contributed by atoms with Crippen LogP contribution < -0.4 is 4.74 Å². The van der Waals surface area contributed by atoms with Gasteiger partial charge in [0, 0.05) is 18.2 Å². The molecule has 6 nitrogen and oxygen atoms in total. The smallest absolute Gasteiger partial charge is 0.283 e. The van der Waals surface area contributed by atoms with Gasteiger partial charge >= 0.3 is 0 Å². The minimum atomic E-state index is 0.488. The number of aryl methyl sites for hydroxylation is 1. The summed E-state index contributed by atoms with van der Waals surface area (Å²) < 4.78 is 15.8. The first-order valence-corrected chi connectivity index (χ1v) is 8.31. The SMILES string of the molecule is CCc1nsc(Sc2nnc(Cc3ccc(OC)cc3)o2)n1. The van der Waals surface area contributed by atoms with Crippen LogP contribution in [-0.4, -0.2) is 26.7 Å². The van der Waals surface area contributed by atoms with Gasteiger partial charge in [0.15, 0.2) is 4.34 Å². The lowest BCUT2D eigenvalue weighted by molar-refractivity contribution is 0.413. The second-order valence-electron chi connectivity index (χ2n) is 4.42. The van der Waals surface area contributed by atoms with Gasteiger partial charge in [-0.2, -0.15) is 4.37 Å². The third-order valence-corrected chi connectivity index (χ3v) is 4.53. The second kappa shape index (κ2) is 6.89. The average Bonchev–Trinajstić information content (AvgIpc) is 3.18. The van der Waals surface area contributed by atoms with Gasteiger partial charge in [0.2, 0.25) is 5.89 Å². The van der Waals surface area contributed by atoms with Crippen LogP contribution in [0.2, 0.25) is 0 Å². The fourth-order valence-corrected chi connectivity index (χ4v) is 3.26. The zero-order valence-corrected chi connectivity index (χ0v) is 13.8. The number of ether oxygens (including phenoxy) is 1. The number of methoxy groups -OCH3 is 1. The monoisotopic (exact) mass is 334 g/mol. The quantitative estimate of drug-likeness (QED) is 0.685. The highest BCUT2D eigenvalue weighted by atomic mass is 32.2. The molecule has 8 heteroatoms. The molecule has 0 radical (unpaired) electrons. The van der Waals surface area contributed by atoms with Gasteiger partial charge in [0.05, 0.1) is 13.5 Å². The van der Waals surface area contributed by atoms with E-state index in [1.807, 2.05) is 31.2 Å². The Kier molecular flexibility index (Phi) is 4.69. The van der Waals surface area contributed by atoms with E-state index in [4.69, 9.17) is 9.15 Å². The molecule has 114 valence electrons. The Morgan fingerprint density at radius 1 is 1.23 bits per heavy atom. The molecule has 0 unspecified atom stereocenters. The maximum atomic E-state index is 5.64. The summed E-state index contributed by atoms with van der Waals surface area (Å²) in [6.45, 7) is 2.02. The highest BCUT2D eigenvalue weighted by molar-refractivity contribution is 8.00. The fourth-order valence-electron chi connectivity index (χ4n) is 1.77. The van der Waals surface area contributed by atoms with Crippen LogP contribution in [0.15, 0.2) is 38.2 Å². The molecule has 3 aromatic rings. The molecule has 1 aromatic carbocycles. The molecule has 0 fully saturated rings. The molecule has 0 bridgehead atoms. The van der Waals surface area contributed by atoms with Gasteiger partial charge in [0.1, 0.15) is 11.6 Å². The van der Waals surface area contributed by atoms with Crippen molar-refractivity contribution in [3.63, 3.8) is 0 Å². The van der Waals surface area contributed by atoms with Crippen LogP contribution in [0.4, 0.5) is 0 Å². The van der Waals surface area contributed by atoms with E-state index >= 15 is 0 Å². The molecule has 0 aliphatic carbocycles. The molecule has 0 spiro atoms. The summed E-state index contributed by atoms with van der Waals surface area (Å²) in [7, 11) is 1.65. The molecule has 0 saturated heterocycles. The van der Waals surface area contributed by atoms with Crippen LogP contribution in [0.1, 0.15) is 24.2 Å². The highest BCUT2D eigenvalue weighted by Crippen LogP contribution is 2.28. The largest absolute Gasteiger partial charge is 0.497 e. The Labute approximate surface area is 136 Å². The number of nitrogens with zero attached hydrogens (tertiary/aromatic N) is 4. The first kappa shape index (κ1) is 15.0. The molecule has 0 aliphatic rings. The molecule has 2 aromatic heterocycles. The van der Waals surface area contributed by atoms with Crippen molar-refractivity contribution < 1.29 is 9.15 Å². The van der Waals surface area contributed by atoms with Crippen LogP contribution in [-0.2, 0) is 12.8 Å². The van der Waals surface area contributed by atoms with Gasteiger partial charge in [-0.05, 0) is 29.2 Å². The molecule has 0 atom stereocenters. The summed E-state index contributed by atoms with van der Waals surface area (Å²) in [5.41, 5.74) is 1.09. The Bertz CT molecular complexity index is 739. The zero-order chi connectivity index (χ0) is 15.4. The summed E-state index contributed by atoms with van der Waals surface area (Å²) in [5.74, 6) is 2.24. The van der Waals surface area contributed by atoms with E-state index in [0.29, 0.717) is 17.5 Å². The zero-order valence-electron chi connectivity index (χ0n) is 12.1. The summed E-state index contributed by atoms with van der Waals surface area (Å²) in [4.78, 5) is 4.37. The van der Waals surface area contributed by atoms with Crippen molar-refractivity contribution in [3.8, 4) is 5.75 Å². The maximum Gasteiger partial charge on any atom is 0.283 e. The fraction of sp³-hybridized carbons (Fsp3) is 0.286. The van der Waals surface area contributed by atoms with Crippen LogP contribution in [0.5, 0.6) is 5.75 Å². The molecular formula is C14H14N4O2S2. The summed E-state index contributed by atoms with van der Waals surface area (Å²) in [5, 5.41) is 8.59. The van der Waals surface area contributed by atoms with E-state index in [2.05, 4.69) is 19.6 Å². The van der Waals surface area contributed by atoms with E-state index in [-0.39, 0.29) is 0 Å². The van der Waals surface area contributed by atoms with Crippen molar-refractivity contribution in [2.24, 2.45) is 0 Å². The normalized spacial score (nSPS) is 10.8. The van der Waals surface area contributed by atoms with Gasteiger partial charge in [-0.1, -0.05) is 19.1 Å². The first-order chi connectivity index (χ1) is 10.8. The molecule has 2 heterocycles. The van der Waals surface area contributed by atoms with Gasteiger partial charge in [-0.3, -0.25) is 0 Å². The van der Waals surface area contributed by atoms with E-state index < -0.39 is 0 Å². The molecule has 3 rings (SSSR count). The predicted octanol–water partition coefficient (Wildman–Crippen LogP) is 3.23. The number of benzene rings is 1. The van der Waals surface area contributed by atoms with E-state index in [1.54, 1.807) is 7.11 Å². The van der Waals surface area contributed by atoms with Gasteiger partial charge in [0.25, 0.3) is 5.22 Å². The minimum absolute atomic E-state index is 0.488. The van der Waals surface area contributed by atoms with Crippen LogP contribution in [0, 0.1) is 0 Å². The van der Waals surface area contributed by atoms with E-state index in [0.717, 1.165) is 27.9 Å². The van der Waals surface area contributed by atoms with E-state index in [9.17, 15) is 0 Å². The Balaban J connectivity index is 1.65. The van der Waals surface area contributed by atoms with Crippen molar-refractivity contribution in [3.05, 3.63) is 41.5 Å². The van der Waals surface area contributed by atoms with Gasteiger partial charge < -0.3 is 9.15 Å². The van der Waals surface area contributed by atoms with Crippen LogP contribution in [0.3, 0.4) is 0 Å². The van der Waals surface area contributed by atoms with Crippen molar-refractivity contribution in [2.45, 2.75) is 29.3 Å². The summed E-state index contributed by atoms with van der Waals surface area (Å²) >= 11 is 2.69. The minimum Gasteiger partial charge on any atom is -0.497 e. The summed E-state index contributed by atoms with van der Waals surface area (Å²) in [6, 6.07) is 7.78. The molecule has 0 aliphatic heterocycles. The molecule has 22 heavy (non-hydrogen) atoms. The number of aromatic nitrogens is 4. The van der Waals surface area contributed by atoms with Crippen LogP contribution >= 0.6 is 23.3 Å². The number of rotatable bonds is 6.